The summed E-state index contributed by atoms with van der Waals surface area (Å²) in [5.41, 5.74) is 1.03. The van der Waals surface area contributed by atoms with Gasteiger partial charge in [0.25, 0.3) is 0 Å². The van der Waals surface area contributed by atoms with Crippen LogP contribution in [0.1, 0.15) is 64.7 Å². The van der Waals surface area contributed by atoms with E-state index < -0.39 is 0 Å². The van der Waals surface area contributed by atoms with Gasteiger partial charge in [0.1, 0.15) is 12.7 Å². The van der Waals surface area contributed by atoms with Crippen LogP contribution >= 0.6 is 15.9 Å². The molecular weight excluding hydrogens is 350 g/mol. The summed E-state index contributed by atoms with van der Waals surface area (Å²) in [5, 5.41) is 5.18. The number of alkyl halides is 1. The normalized spacial score (nSPS) is 10.2. The van der Waals surface area contributed by atoms with Crippen LogP contribution in [0, 0.1) is 0 Å². The Morgan fingerprint density at radius 3 is 2.00 bits per heavy atom. The Hall–Kier alpha value is -1.16. The third-order valence-electron chi connectivity index (χ3n) is 3.68. The van der Waals surface area contributed by atoms with Crippen LogP contribution in [-0.2, 0) is 0 Å². The van der Waals surface area contributed by atoms with Crippen LogP contribution in [0.3, 0.4) is 0 Å². The van der Waals surface area contributed by atoms with E-state index in [0.717, 1.165) is 5.69 Å². The van der Waals surface area contributed by atoms with Crippen molar-refractivity contribution in [2.45, 2.75) is 64.7 Å². The van der Waals surface area contributed by atoms with Crippen LogP contribution in [0.25, 0.3) is 5.69 Å². The highest BCUT2D eigenvalue weighted by atomic mass is 79.9. The van der Waals surface area contributed by atoms with Gasteiger partial charge in [-0.3, -0.25) is 0 Å². The first-order chi connectivity index (χ1) is 11.4. The predicted molar refractivity (Wildman–Crippen MR) is 102 cm³/mol. The molecule has 0 fully saturated rings. The van der Waals surface area contributed by atoms with Crippen molar-refractivity contribution in [1.82, 2.24) is 14.8 Å². The molecule has 0 unspecified atom stereocenters. The Morgan fingerprint density at radius 1 is 0.870 bits per heavy atom. The zero-order valence-electron chi connectivity index (χ0n) is 14.3. The number of unbranched alkanes of at least 4 members (excludes halogenated alkanes) is 8. The number of hydrogen-bond acceptors (Lipinski definition) is 2. The molecule has 0 bridgehead atoms. The molecule has 0 aliphatic carbocycles. The Kier molecular flexibility index (Phi) is 12.5. The van der Waals surface area contributed by atoms with Crippen molar-refractivity contribution in [3.63, 3.8) is 0 Å². The van der Waals surface area contributed by atoms with Gasteiger partial charge < -0.3 is 0 Å². The Morgan fingerprint density at radius 2 is 1.48 bits per heavy atom. The molecule has 0 saturated carbocycles. The number of para-hydroxylation sites is 1. The minimum Gasteiger partial charge on any atom is -0.223 e. The Bertz CT molecular complexity index is 447. The Labute approximate surface area is 149 Å². The molecule has 3 nitrogen and oxygen atoms in total. The molecule has 23 heavy (non-hydrogen) atoms. The van der Waals surface area contributed by atoms with Crippen LogP contribution in [0.4, 0.5) is 0 Å². The second-order valence-corrected chi connectivity index (χ2v) is 6.49. The zero-order valence-corrected chi connectivity index (χ0v) is 15.9. The van der Waals surface area contributed by atoms with E-state index in [1.807, 2.05) is 30.3 Å². The van der Waals surface area contributed by atoms with Crippen molar-refractivity contribution in [2.75, 3.05) is 5.33 Å². The standard InChI is InChI=1S/C11H23Br.C8H7N3/c1-2-3-4-5-6-7-8-9-10-11-12;1-2-4-8(5-3-1)11-7-9-6-10-11/h2-11H2,1H3;1-7H. The van der Waals surface area contributed by atoms with Crippen LogP contribution < -0.4 is 0 Å². The van der Waals surface area contributed by atoms with Crippen LogP contribution in [0.5, 0.6) is 0 Å². The molecule has 0 spiro atoms. The summed E-state index contributed by atoms with van der Waals surface area (Å²) in [6.45, 7) is 2.27. The number of rotatable bonds is 10. The van der Waals surface area contributed by atoms with Crippen LogP contribution in [0.2, 0.25) is 0 Å². The van der Waals surface area contributed by atoms with Gasteiger partial charge in [-0.2, -0.15) is 5.10 Å². The summed E-state index contributed by atoms with van der Waals surface area (Å²) in [6.07, 6.45) is 16.0. The third-order valence-corrected chi connectivity index (χ3v) is 4.24. The van der Waals surface area contributed by atoms with Gasteiger partial charge in [-0.15, -0.1) is 0 Å². The van der Waals surface area contributed by atoms with Gasteiger partial charge in [-0.25, -0.2) is 9.67 Å². The van der Waals surface area contributed by atoms with Crippen molar-refractivity contribution in [1.29, 1.82) is 0 Å². The van der Waals surface area contributed by atoms with Gasteiger partial charge in [-0.05, 0) is 18.6 Å². The second kappa shape index (κ2) is 14.4. The largest absolute Gasteiger partial charge is 0.223 e. The van der Waals surface area contributed by atoms with E-state index in [2.05, 4.69) is 32.9 Å². The van der Waals surface area contributed by atoms with Crippen molar-refractivity contribution < 1.29 is 0 Å². The van der Waals surface area contributed by atoms with Gasteiger partial charge in [0.05, 0.1) is 5.69 Å². The molecule has 0 aliphatic rings. The summed E-state index contributed by atoms with van der Waals surface area (Å²) in [6, 6.07) is 9.87. The van der Waals surface area contributed by atoms with E-state index in [4.69, 9.17) is 0 Å². The molecule has 1 aromatic carbocycles. The smallest absolute Gasteiger partial charge is 0.138 e. The fraction of sp³-hybridized carbons (Fsp3) is 0.579. The molecular formula is C19H30BrN3. The monoisotopic (exact) mass is 379 g/mol. The first-order valence-electron chi connectivity index (χ1n) is 8.84. The number of nitrogens with zero attached hydrogens (tertiary/aromatic N) is 3. The summed E-state index contributed by atoms with van der Waals surface area (Å²) in [5.74, 6) is 0. The molecule has 0 radical (unpaired) electrons. The van der Waals surface area contributed by atoms with Crippen LogP contribution in [-0.4, -0.2) is 20.1 Å². The lowest BCUT2D eigenvalue weighted by Gasteiger charge is -1.99. The SMILES string of the molecule is CCCCCCCCCCCBr.c1ccc(-n2cncn2)cc1. The lowest BCUT2D eigenvalue weighted by molar-refractivity contribution is 0.573. The van der Waals surface area contributed by atoms with E-state index in [1.165, 1.54) is 69.4 Å². The fourth-order valence-electron chi connectivity index (χ4n) is 2.33. The van der Waals surface area contributed by atoms with E-state index in [0.29, 0.717) is 0 Å². The molecule has 4 heteroatoms. The predicted octanol–water partition coefficient (Wildman–Crippen LogP) is 6.18. The van der Waals surface area contributed by atoms with Gasteiger partial charge in [-0.1, -0.05) is 92.4 Å². The lowest BCUT2D eigenvalue weighted by Crippen LogP contribution is -1.92. The first-order valence-corrected chi connectivity index (χ1v) is 9.96. The fourth-order valence-corrected chi connectivity index (χ4v) is 2.72. The summed E-state index contributed by atoms with van der Waals surface area (Å²) < 4.78 is 1.72. The number of benzene rings is 1. The topological polar surface area (TPSA) is 30.7 Å². The Balaban J connectivity index is 0.000000230. The zero-order chi connectivity index (χ0) is 16.6. The van der Waals surface area contributed by atoms with Crippen LogP contribution in [0.15, 0.2) is 43.0 Å². The van der Waals surface area contributed by atoms with E-state index in [1.54, 1.807) is 11.0 Å². The summed E-state index contributed by atoms with van der Waals surface area (Å²) in [7, 11) is 0. The quantitative estimate of drug-likeness (QED) is 0.364. The highest BCUT2D eigenvalue weighted by Gasteiger charge is 1.92. The molecule has 128 valence electrons. The van der Waals surface area contributed by atoms with E-state index >= 15 is 0 Å². The van der Waals surface area contributed by atoms with Gasteiger partial charge >= 0.3 is 0 Å². The average molecular weight is 380 g/mol. The maximum absolute atomic E-state index is 3.99. The highest BCUT2D eigenvalue weighted by Crippen LogP contribution is 2.09. The van der Waals surface area contributed by atoms with Crippen molar-refractivity contribution in [3.8, 4) is 5.69 Å². The lowest BCUT2D eigenvalue weighted by atomic mass is 10.1. The average Bonchev–Trinajstić information content (AvgIpc) is 3.13. The van der Waals surface area contributed by atoms with Crippen molar-refractivity contribution in [2.24, 2.45) is 0 Å². The van der Waals surface area contributed by atoms with Gasteiger partial charge in [0, 0.05) is 5.33 Å². The molecule has 2 rings (SSSR count). The molecule has 0 amide bonds. The summed E-state index contributed by atoms with van der Waals surface area (Å²) >= 11 is 3.45. The number of aromatic nitrogens is 3. The minimum absolute atomic E-state index is 1.03. The number of halogens is 1. The number of hydrogen-bond donors (Lipinski definition) is 0. The molecule has 0 atom stereocenters. The van der Waals surface area contributed by atoms with Gasteiger partial charge in [0.2, 0.25) is 0 Å². The van der Waals surface area contributed by atoms with E-state index in [-0.39, 0.29) is 0 Å². The van der Waals surface area contributed by atoms with Crippen molar-refractivity contribution >= 4 is 15.9 Å². The first kappa shape index (κ1) is 19.9. The molecule has 2 aromatic rings. The molecule has 0 saturated heterocycles. The summed E-state index contributed by atoms with van der Waals surface area (Å²) in [4.78, 5) is 3.85. The highest BCUT2D eigenvalue weighted by molar-refractivity contribution is 9.09. The second-order valence-electron chi connectivity index (χ2n) is 5.69. The maximum atomic E-state index is 3.99. The van der Waals surface area contributed by atoms with E-state index in [9.17, 15) is 0 Å². The molecule has 1 heterocycles. The molecule has 0 aliphatic heterocycles. The molecule has 0 N–H and O–H groups in total. The maximum Gasteiger partial charge on any atom is 0.138 e. The minimum atomic E-state index is 1.03. The third kappa shape index (κ3) is 10.3. The molecule has 1 aromatic heterocycles. The van der Waals surface area contributed by atoms with Gasteiger partial charge in [0.15, 0.2) is 0 Å². The van der Waals surface area contributed by atoms with Crippen molar-refractivity contribution in [3.05, 3.63) is 43.0 Å².